The first-order valence-corrected chi connectivity index (χ1v) is 8.23. The second-order valence-electron chi connectivity index (χ2n) is 6.26. The van der Waals surface area contributed by atoms with Gasteiger partial charge in [-0.2, -0.15) is 0 Å². The number of anilines is 2. The third-order valence-corrected chi connectivity index (χ3v) is 4.49. The number of hydrogen-bond donors (Lipinski definition) is 1. The van der Waals surface area contributed by atoms with Crippen molar-refractivity contribution in [2.24, 2.45) is 5.73 Å². The average Bonchev–Trinajstić information content (AvgIpc) is 2.56. The van der Waals surface area contributed by atoms with Crippen LogP contribution in [0.3, 0.4) is 0 Å². The van der Waals surface area contributed by atoms with Gasteiger partial charge in [0.15, 0.2) is 0 Å². The summed E-state index contributed by atoms with van der Waals surface area (Å²) in [5, 5.41) is 0. The molecule has 0 saturated heterocycles. The number of aromatic nitrogens is 2. The normalized spacial score (nSPS) is 13.6. The molecule has 1 aromatic heterocycles. The number of benzene rings is 1. The fourth-order valence-electron chi connectivity index (χ4n) is 3.36. The van der Waals surface area contributed by atoms with E-state index in [1.807, 2.05) is 32.0 Å². The quantitative estimate of drug-likeness (QED) is 0.908. The minimum Gasteiger partial charge on any atom is -0.351 e. The fourth-order valence-corrected chi connectivity index (χ4v) is 3.36. The Morgan fingerprint density at radius 2 is 1.80 bits per heavy atom. The van der Waals surface area contributed by atoms with E-state index in [-0.39, 0.29) is 11.6 Å². The first-order chi connectivity index (χ1) is 11.9. The molecule has 1 heterocycles. The van der Waals surface area contributed by atoms with Gasteiger partial charge in [-0.25, -0.2) is 28.4 Å². The Morgan fingerprint density at radius 1 is 1.16 bits per heavy atom. The summed E-state index contributed by atoms with van der Waals surface area (Å²) in [6.45, 7) is 3.65. The predicted octanol–water partition coefficient (Wildman–Crippen LogP) is 4.13. The van der Waals surface area contributed by atoms with Gasteiger partial charge in [0, 0.05) is 11.3 Å². The van der Waals surface area contributed by atoms with E-state index in [2.05, 4.69) is 9.97 Å². The molecule has 7 heteroatoms. The summed E-state index contributed by atoms with van der Waals surface area (Å²) >= 11 is 0. The van der Waals surface area contributed by atoms with E-state index < -0.39 is 12.5 Å². The van der Waals surface area contributed by atoms with Gasteiger partial charge >= 0.3 is 6.03 Å². The van der Waals surface area contributed by atoms with Crippen LogP contribution in [0.25, 0.3) is 0 Å². The summed E-state index contributed by atoms with van der Waals surface area (Å²) in [6, 6.07) is 4.70. The van der Waals surface area contributed by atoms with Gasteiger partial charge in [-0.05, 0) is 50.7 Å². The summed E-state index contributed by atoms with van der Waals surface area (Å²) in [5.41, 5.74) is 8.48. The summed E-state index contributed by atoms with van der Waals surface area (Å²) in [6.07, 6.45) is 0.137. The zero-order valence-corrected chi connectivity index (χ0v) is 14.2. The van der Waals surface area contributed by atoms with Crippen LogP contribution in [-0.4, -0.2) is 16.0 Å². The Balaban J connectivity index is 2.21. The molecule has 5 nitrogen and oxygen atoms in total. The lowest BCUT2D eigenvalue weighted by atomic mass is 9.95. The van der Waals surface area contributed by atoms with Crippen LogP contribution >= 0.6 is 0 Å². The highest BCUT2D eigenvalue weighted by molar-refractivity contribution is 5.98. The monoisotopic (exact) mass is 346 g/mol. The largest absolute Gasteiger partial charge is 0.351 e. The molecule has 0 unspecified atom stereocenters. The molecule has 0 bridgehead atoms. The molecule has 3 rings (SSSR count). The van der Waals surface area contributed by atoms with Crippen LogP contribution in [0.5, 0.6) is 0 Å². The predicted molar refractivity (Wildman–Crippen MR) is 91.3 cm³/mol. The average molecular weight is 346 g/mol. The molecule has 2 aromatic rings. The van der Waals surface area contributed by atoms with Gasteiger partial charge in [0.1, 0.15) is 5.69 Å². The lowest BCUT2D eigenvalue weighted by molar-refractivity contribution is 0.144. The van der Waals surface area contributed by atoms with Crippen LogP contribution in [0.15, 0.2) is 18.2 Å². The molecule has 25 heavy (non-hydrogen) atoms. The fraction of sp³-hybridized carbons (Fsp3) is 0.389. The Hall–Kier alpha value is -2.57. The summed E-state index contributed by atoms with van der Waals surface area (Å²) in [5.74, 6) is -0.0825. The first kappa shape index (κ1) is 17.3. The van der Waals surface area contributed by atoms with Crippen molar-refractivity contribution in [3.8, 4) is 0 Å². The number of rotatable bonds is 3. The van der Waals surface area contributed by atoms with Crippen molar-refractivity contribution in [1.82, 2.24) is 9.97 Å². The van der Waals surface area contributed by atoms with E-state index in [9.17, 15) is 13.6 Å². The number of halogens is 2. The van der Waals surface area contributed by atoms with Crippen molar-refractivity contribution in [1.29, 1.82) is 0 Å². The number of hydrogen-bond acceptors (Lipinski definition) is 3. The van der Waals surface area contributed by atoms with Gasteiger partial charge in [-0.1, -0.05) is 18.2 Å². The standard InChI is InChI=1S/C18H20F2N4O/c1-10-6-5-7-11(2)15(10)24(17(21)25)18-22-13-9-4-3-8-12(13)14(23-18)16(19)20/h5-7,16H,3-4,8-9H2,1-2H3,(H2,21,25). The van der Waals surface area contributed by atoms with Crippen molar-refractivity contribution >= 4 is 17.7 Å². The molecular formula is C18H20F2N4O. The lowest BCUT2D eigenvalue weighted by Crippen LogP contribution is -2.34. The highest BCUT2D eigenvalue weighted by Gasteiger charge is 2.28. The second kappa shape index (κ2) is 6.74. The van der Waals surface area contributed by atoms with Crippen LogP contribution in [-0.2, 0) is 12.8 Å². The van der Waals surface area contributed by atoms with Crippen LogP contribution in [0.1, 0.15) is 47.3 Å². The maximum atomic E-state index is 13.5. The number of carbonyl (C=O) groups excluding carboxylic acids is 1. The topological polar surface area (TPSA) is 72.1 Å². The smallest absolute Gasteiger partial charge is 0.326 e. The minimum absolute atomic E-state index is 0.0825. The molecule has 0 atom stereocenters. The minimum atomic E-state index is -2.72. The van der Waals surface area contributed by atoms with E-state index in [1.165, 1.54) is 0 Å². The number of fused-ring (bicyclic) bond motifs is 1. The Labute approximate surface area is 144 Å². The van der Waals surface area contributed by atoms with Crippen molar-refractivity contribution in [3.05, 3.63) is 46.3 Å². The second-order valence-corrected chi connectivity index (χ2v) is 6.26. The third kappa shape index (κ3) is 3.18. The zero-order valence-electron chi connectivity index (χ0n) is 14.2. The molecule has 2 N–H and O–H groups in total. The van der Waals surface area contributed by atoms with Crippen molar-refractivity contribution in [2.45, 2.75) is 46.0 Å². The molecule has 132 valence electrons. The van der Waals surface area contributed by atoms with Gasteiger partial charge in [0.05, 0.1) is 5.69 Å². The van der Waals surface area contributed by atoms with Gasteiger partial charge in [0.2, 0.25) is 5.95 Å². The molecule has 1 aromatic carbocycles. The van der Waals surface area contributed by atoms with Crippen LogP contribution in [0, 0.1) is 13.8 Å². The van der Waals surface area contributed by atoms with Gasteiger partial charge in [-0.3, -0.25) is 0 Å². The summed E-state index contributed by atoms with van der Waals surface area (Å²) < 4.78 is 27.1. The van der Waals surface area contributed by atoms with Crippen LogP contribution in [0.4, 0.5) is 25.2 Å². The Bertz CT molecular complexity index is 803. The SMILES string of the molecule is Cc1cccc(C)c1N(C(N)=O)c1nc2c(c(C(F)F)n1)CCCC2. The van der Waals surface area contributed by atoms with Crippen LogP contribution in [0.2, 0.25) is 0 Å². The maximum Gasteiger partial charge on any atom is 0.326 e. The zero-order chi connectivity index (χ0) is 18.1. The number of nitrogens with two attached hydrogens (primary N) is 1. The van der Waals surface area contributed by atoms with Crippen molar-refractivity contribution in [3.63, 3.8) is 0 Å². The van der Waals surface area contributed by atoms with E-state index in [4.69, 9.17) is 5.73 Å². The maximum absolute atomic E-state index is 13.5. The molecule has 0 saturated carbocycles. The summed E-state index contributed by atoms with van der Waals surface area (Å²) in [7, 11) is 0. The number of amides is 2. The number of primary amides is 1. The Morgan fingerprint density at radius 3 is 2.40 bits per heavy atom. The molecule has 0 fully saturated rings. The van der Waals surface area contributed by atoms with Crippen LogP contribution < -0.4 is 10.6 Å². The Kier molecular flexibility index (Phi) is 4.65. The number of alkyl halides is 2. The number of aryl methyl sites for hydroxylation is 3. The van der Waals surface area contributed by atoms with Gasteiger partial charge in [-0.15, -0.1) is 0 Å². The van der Waals surface area contributed by atoms with E-state index in [1.54, 1.807) is 0 Å². The highest BCUT2D eigenvalue weighted by atomic mass is 19.3. The molecular weight excluding hydrogens is 326 g/mol. The summed E-state index contributed by atoms with van der Waals surface area (Å²) in [4.78, 5) is 21.7. The molecule has 1 aliphatic carbocycles. The highest BCUT2D eigenvalue weighted by Crippen LogP contribution is 2.34. The molecule has 0 radical (unpaired) electrons. The van der Waals surface area contributed by atoms with E-state index in [0.29, 0.717) is 29.8 Å². The third-order valence-electron chi connectivity index (χ3n) is 4.49. The number of para-hydroxylation sites is 1. The van der Waals surface area contributed by atoms with Crippen molar-refractivity contribution < 1.29 is 13.6 Å². The number of carbonyl (C=O) groups is 1. The van der Waals surface area contributed by atoms with E-state index in [0.717, 1.165) is 28.9 Å². The molecule has 0 spiro atoms. The molecule has 2 amide bonds. The molecule has 0 aliphatic heterocycles. The first-order valence-electron chi connectivity index (χ1n) is 8.23. The number of urea groups is 1. The van der Waals surface area contributed by atoms with Crippen molar-refractivity contribution in [2.75, 3.05) is 4.90 Å². The van der Waals surface area contributed by atoms with Gasteiger partial charge < -0.3 is 5.73 Å². The molecule has 1 aliphatic rings. The number of nitrogens with zero attached hydrogens (tertiary/aromatic N) is 3. The lowest BCUT2D eigenvalue weighted by Gasteiger charge is -2.25. The van der Waals surface area contributed by atoms with Gasteiger partial charge in [0.25, 0.3) is 6.43 Å². The van der Waals surface area contributed by atoms with E-state index >= 15 is 0 Å².